The second-order valence-corrected chi connectivity index (χ2v) is 3.84. The number of halogens is 2. The van der Waals surface area contributed by atoms with Crippen molar-refractivity contribution in [1.82, 2.24) is 5.43 Å². The summed E-state index contributed by atoms with van der Waals surface area (Å²) in [4.78, 5) is 10.2. The van der Waals surface area contributed by atoms with Crippen LogP contribution in [-0.2, 0) is 0 Å². The molecule has 1 aromatic rings. The number of urea groups is 1. The van der Waals surface area contributed by atoms with Gasteiger partial charge in [-0.05, 0) is 15.9 Å². The highest BCUT2D eigenvalue weighted by atomic mass is 127. The zero-order valence-corrected chi connectivity index (χ0v) is 10.00. The fourth-order valence-electron chi connectivity index (χ4n) is 0.586. The van der Waals surface area contributed by atoms with Crippen molar-refractivity contribution in [2.75, 3.05) is 0 Å². The summed E-state index contributed by atoms with van der Waals surface area (Å²) in [7, 11) is 0. The number of carbonyl (C=O) groups is 1. The molecule has 0 saturated carbocycles. The van der Waals surface area contributed by atoms with Crippen molar-refractivity contribution in [2.45, 2.75) is 0 Å². The van der Waals surface area contributed by atoms with Gasteiger partial charge in [0.25, 0.3) is 0 Å². The lowest BCUT2D eigenvalue weighted by Crippen LogP contribution is -2.24. The summed E-state index contributed by atoms with van der Waals surface area (Å²) < 4.78 is 6.76. The van der Waals surface area contributed by atoms with Gasteiger partial charge in [-0.3, -0.25) is 0 Å². The van der Waals surface area contributed by atoms with Crippen LogP contribution in [0.3, 0.4) is 0 Å². The van der Waals surface area contributed by atoms with E-state index in [-0.39, 0.29) is 0 Å². The van der Waals surface area contributed by atoms with Gasteiger partial charge in [0.05, 0.1) is 10.7 Å². The quantitative estimate of drug-likeness (QED) is 0.479. The molecule has 1 rings (SSSR count). The molecule has 13 heavy (non-hydrogen) atoms. The number of furan rings is 1. The first-order chi connectivity index (χ1) is 6.09. The Hall–Kier alpha value is -0.570. The predicted molar refractivity (Wildman–Crippen MR) is 59.4 cm³/mol. The Bertz CT molecular complexity index is 330. The Morgan fingerprint density at radius 2 is 2.54 bits per heavy atom. The molecule has 70 valence electrons. The average molecular weight is 358 g/mol. The van der Waals surface area contributed by atoms with Crippen LogP contribution in [0.1, 0.15) is 5.76 Å². The molecule has 0 atom stereocenters. The lowest BCUT2D eigenvalue weighted by molar-refractivity contribution is 0.249. The number of nitrogens with one attached hydrogen (secondary N) is 1. The monoisotopic (exact) mass is 357 g/mol. The summed E-state index contributed by atoms with van der Waals surface area (Å²) in [6, 6.07) is 1.02. The molecule has 1 aromatic heterocycles. The first-order valence-electron chi connectivity index (χ1n) is 3.13. The molecule has 3 N–H and O–H groups in total. The maximum absolute atomic E-state index is 10.2. The number of nitrogens with two attached hydrogens (primary N) is 1. The second-order valence-electron chi connectivity index (χ2n) is 2.00. The summed E-state index contributed by atoms with van der Waals surface area (Å²) in [5.41, 5.74) is 6.84. The van der Waals surface area contributed by atoms with Crippen LogP contribution >= 0.6 is 38.5 Å². The molecule has 0 aromatic carbocycles. The molecule has 7 heteroatoms. The number of hydrogen-bond acceptors (Lipinski definition) is 3. The first-order valence-corrected chi connectivity index (χ1v) is 5.00. The summed E-state index contributed by atoms with van der Waals surface area (Å²) in [5, 5.41) is 3.53. The summed E-state index contributed by atoms with van der Waals surface area (Å²) >= 11 is 5.28. The van der Waals surface area contributed by atoms with Crippen molar-refractivity contribution in [3.63, 3.8) is 0 Å². The van der Waals surface area contributed by atoms with E-state index in [1.807, 2.05) is 22.6 Å². The van der Waals surface area contributed by atoms with Gasteiger partial charge in [-0.15, -0.1) is 0 Å². The molecule has 0 aliphatic carbocycles. The lowest BCUT2D eigenvalue weighted by atomic mass is 10.5. The number of rotatable bonds is 2. The third kappa shape index (κ3) is 3.35. The van der Waals surface area contributed by atoms with Crippen LogP contribution in [0.5, 0.6) is 0 Å². The third-order valence-corrected chi connectivity index (χ3v) is 3.16. The van der Waals surface area contributed by atoms with E-state index in [9.17, 15) is 4.79 Å². The SMILES string of the molecule is NC(=O)N/N=C/c1cc(Br)c(I)o1. The van der Waals surface area contributed by atoms with Gasteiger partial charge in [0.2, 0.25) is 0 Å². The second kappa shape index (κ2) is 4.61. The molecule has 0 saturated heterocycles. The van der Waals surface area contributed by atoms with Gasteiger partial charge < -0.3 is 10.2 Å². The molecule has 0 fully saturated rings. The number of hydrogen-bond donors (Lipinski definition) is 2. The van der Waals surface area contributed by atoms with E-state index in [1.165, 1.54) is 6.21 Å². The summed E-state index contributed by atoms with van der Waals surface area (Å²) in [6.45, 7) is 0. The fourth-order valence-corrected chi connectivity index (χ4v) is 1.30. The average Bonchev–Trinajstić information content (AvgIpc) is 2.30. The van der Waals surface area contributed by atoms with Crippen LogP contribution in [0.2, 0.25) is 0 Å². The Morgan fingerprint density at radius 1 is 1.85 bits per heavy atom. The van der Waals surface area contributed by atoms with E-state index in [4.69, 9.17) is 10.2 Å². The Kier molecular flexibility index (Phi) is 3.72. The van der Waals surface area contributed by atoms with Crippen molar-refractivity contribution in [3.8, 4) is 0 Å². The molecule has 0 bridgehead atoms. The van der Waals surface area contributed by atoms with E-state index >= 15 is 0 Å². The third-order valence-electron chi connectivity index (χ3n) is 1.03. The van der Waals surface area contributed by atoms with Crippen LogP contribution in [-0.4, -0.2) is 12.2 Å². The molecule has 0 spiro atoms. The molecule has 5 nitrogen and oxygen atoms in total. The zero-order valence-electron chi connectivity index (χ0n) is 6.25. The summed E-state index contributed by atoms with van der Waals surface area (Å²) in [6.07, 6.45) is 1.36. The molecule has 2 amide bonds. The number of primary amides is 1. The van der Waals surface area contributed by atoms with Crippen molar-refractivity contribution in [2.24, 2.45) is 10.8 Å². The van der Waals surface area contributed by atoms with Gasteiger partial charge in [-0.2, -0.15) is 5.10 Å². The molecule has 0 aliphatic heterocycles. The lowest BCUT2D eigenvalue weighted by Gasteiger charge is -1.88. The van der Waals surface area contributed by atoms with Gasteiger partial charge in [0.15, 0.2) is 3.77 Å². The Labute approximate surface area is 96.0 Å². The largest absolute Gasteiger partial charge is 0.448 e. The minimum absolute atomic E-state index is 0.532. The molecule has 0 unspecified atom stereocenters. The van der Waals surface area contributed by atoms with E-state index in [1.54, 1.807) is 6.07 Å². The molecule has 1 heterocycles. The number of hydrazone groups is 1. The highest BCUT2D eigenvalue weighted by molar-refractivity contribution is 14.1. The van der Waals surface area contributed by atoms with Gasteiger partial charge in [0, 0.05) is 28.7 Å². The van der Waals surface area contributed by atoms with Crippen molar-refractivity contribution < 1.29 is 9.21 Å². The minimum Gasteiger partial charge on any atom is -0.448 e. The smallest absolute Gasteiger partial charge is 0.332 e. The van der Waals surface area contributed by atoms with Crippen molar-refractivity contribution in [3.05, 3.63) is 20.1 Å². The van der Waals surface area contributed by atoms with Gasteiger partial charge in [-0.25, -0.2) is 10.2 Å². The van der Waals surface area contributed by atoms with Crippen LogP contribution < -0.4 is 11.2 Å². The fraction of sp³-hybridized carbons (Fsp3) is 0. The summed E-state index contributed by atoms with van der Waals surface area (Å²) in [5.74, 6) is 0.532. The Balaban J connectivity index is 2.64. The molecular formula is C6H5BrIN3O2. The van der Waals surface area contributed by atoms with E-state index in [0.717, 1.165) is 8.24 Å². The van der Waals surface area contributed by atoms with Crippen molar-refractivity contribution >= 4 is 50.8 Å². The van der Waals surface area contributed by atoms with Crippen LogP contribution in [0.25, 0.3) is 0 Å². The first kappa shape index (κ1) is 10.5. The van der Waals surface area contributed by atoms with Crippen LogP contribution in [0.15, 0.2) is 20.1 Å². The highest BCUT2D eigenvalue weighted by Crippen LogP contribution is 2.21. The highest BCUT2D eigenvalue weighted by Gasteiger charge is 2.02. The van der Waals surface area contributed by atoms with E-state index in [2.05, 4.69) is 26.5 Å². The van der Waals surface area contributed by atoms with Gasteiger partial charge in [0.1, 0.15) is 5.76 Å². The molecular weight excluding hydrogens is 353 g/mol. The predicted octanol–water partition coefficient (Wildman–Crippen LogP) is 1.65. The van der Waals surface area contributed by atoms with Crippen LogP contribution in [0, 0.1) is 3.77 Å². The zero-order chi connectivity index (χ0) is 9.84. The number of nitrogens with zero attached hydrogens (tertiary/aromatic N) is 1. The van der Waals surface area contributed by atoms with Crippen LogP contribution in [0.4, 0.5) is 4.79 Å². The van der Waals surface area contributed by atoms with E-state index < -0.39 is 6.03 Å². The molecule has 0 radical (unpaired) electrons. The number of carbonyl (C=O) groups excluding carboxylic acids is 1. The minimum atomic E-state index is -0.712. The van der Waals surface area contributed by atoms with Gasteiger partial charge in [-0.1, -0.05) is 0 Å². The Morgan fingerprint density at radius 3 is 3.00 bits per heavy atom. The van der Waals surface area contributed by atoms with Crippen molar-refractivity contribution in [1.29, 1.82) is 0 Å². The van der Waals surface area contributed by atoms with E-state index in [0.29, 0.717) is 5.76 Å². The maximum Gasteiger partial charge on any atom is 0.332 e. The molecule has 0 aliphatic rings. The van der Waals surface area contributed by atoms with Gasteiger partial charge >= 0.3 is 6.03 Å². The topological polar surface area (TPSA) is 80.6 Å². The normalized spacial score (nSPS) is 10.6. The number of amides is 2. The maximum atomic E-state index is 10.2. The standard InChI is InChI=1S/C6H5BrIN3O2/c7-4-1-3(13-5(4)8)2-10-11-6(9)12/h1-2H,(H3,9,11,12)/b10-2+.